The van der Waals surface area contributed by atoms with Gasteiger partial charge in [0.05, 0.1) is 6.10 Å². The lowest BCUT2D eigenvalue weighted by Gasteiger charge is -2.31. The predicted octanol–water partition coefficient (Wildman–Crippen LogP) is 4.01. The van der Waals surface area contributed by atoms with E-state index in [1.165, 1.54) is 16.7 Å². The molecule has 1 rings (SSSR count). The highest BCUT2D eigenvalue weighted by Crippen LogP contribution is 2.25. The molecule has 0 aliphatic rings. The van der Waals surface area contributed by atoms with E-state index in [0.717, 1.165) is 12.1 Å². The lowest BCUT2D eigenvalue weighted by atomic mass is 9.95. The van der Waals surface area contributed by atoms with E-state index in [1.807, 2.05) is 0 Å². The number of aryl methyl sites for hydroxylation is 3. The minimum absolute atomic E-state index is 0.406. The van der Waals surface area contributed by atoms with Gasteiger partial charge in [-0.3, -0.25) is 4.90 Å². The number of benzene rings is 1. The molecule has 0 aliphatic carbocycles. The SMILES string of the molecule is Cc1cc(C)c(C(O)CN(CC(C)C)C(C)C)c(C)c1. The number of aliphatic hydroxyl groups is 1. The Bertz CT molecular complexity index is 414. The Morgan fingerprint density at radius 1 is 0.950 bits per heavy atom. The van der Waals surface area contributed by atoms with E-state index in [9.17, 15) is 5.11 Å². The molecule has 0 aliphatic heterocycles. The molecule has 0 saturated heterocycles. The molecule has 0 aromatic heterocycles. The summed E-state index contributed by atoms with van der Waals surface area (Å²) in [6.07, 6.45) is -0.406. The Balaban J connectivity index is 2.92. The molecule has 1 N–H and O–H groups in total. The average molecular weight is 277 g/mol. The molecule has 0 bridgehead atoms. The van der Waals surface area contributed by atoms with Crippen molar-refractivity contribution < 1.29 is 5.11 Å². The zero-order valence-corrected chi connectivity index (χ0v) is 14.2. The van der Waals surface area contributed by atoms with Crippen molar-refractivity contribution in [3.05, 3.63) is 34.4 Å². The number of hydrogen-bond acceptors (Lipinski definition) is 2. The number of nitrogens with zero attached hydrogens (tertiary/aromatic N) is 1. The van der Waals surface area contributed by atoms with E-state index in [4.69, 9.17) is 0 Å². The highest BCUT2D eigenvalue weighted by atomic mass is 16.3. The highest BCUT2D eigenvalue weighted by molar-refractivity contribution is 5.39. The van der Waals surface area contributed by atoms with Crippen molar-refractivity contribution >= 4 is 0 Å². The van der Waals surface area contributed by atoms with E-state index in [1.54, 1.807) is 0 Å². The zero-order chi connectivity index (χ0) is 15.4. The fraction of sp³-hybridized carbons (Fsp3) is 0.667. The standard InChI is InChI=1S/C18H31NO/c1-12(2)10-19(13(3)4)11-17(20)18-15(6)8-14(5)9-16(18)7/h8-9,12-13,17,20H,10-11H2,1-7H3. The molecule has 0 heterocycles. The van der Waals surface area contributed by atoms with Crippen LogP contribution in [0.4, 0.5) is 0 Å². The van der Waals surface area contributed by atoms with Crippen LogP contribution in [0.25, 0.3) is 0 Å². The lowest BCUT2D eigenvalue weighted by Crippen LogP contribution is -2.37. The van der Waals surface area contributed by atoms with Gasteiger partial charge in [-0.25, -0.2) is 0 Å². The Morgan fingerprint density at radius 3 is 1.85 bits per heavy atom. The van der Waals surface area contributed by atoms with E-state index in [0.29, 0.717) is 18.5 Å². The van der Waals surface area contributed by atoms with Crippen molar-refractivity contribution in [2.24, 2.45) is 5.92 Å². The molecule has 1 unspecified atom stereocenters. The first-order valence-corrected chi connectivity index (χ1v) is 7.72. The van der Waals surface area contributed by atoms with Crippen LogP contribution in [0, 0.1) is 26.7 Å². The largest absolute Gasteiger partial charge is 0.387 e. The first kappa shape index (κ1) is 17.2. The molecule has 114 valence electrons. The van der Waals surface area contributed by atoms with Crippen LogP contribution in [0.15, 0.2) is 12.1 Å². The Morgan fingerprint density at radius 2 is 1.45 bits per heavy atom. The van der Waals surface area contributed by atoms with Gasteiger partial charge in [-0.2, -0.15) is 0 Å². The second-order valence-corrected chi connectivity index (χ2v) is 6.77. The monoisotopic (exact) mass is 277 g/mol. The summed E-state index contributed by atoms with van der Waals surface area (Å²) >= 11 is 0. The van der Waals surface area contributed by atoms with Gasteiger partial charge >= 0.3 is 0 Å². The van der Waals surface area contributed by atoms with Crippen molar-refractivity contribution in [3.8, 4) is 0 Å². The Labute approximate surface area is 124 Å². The molecular formula is C18H31NO. The smallest absolute Gasteiger partial charge is 0.0922 e. The number of hydrogen-bond donors (Lipinski definition) is 1. The Kier molecular flexibility index (Phi) is 6.22. The van der Waals surface area contributed by atoms with E-state index in [2.05, 4.69) is 65.5 Å². The zero-order valence-electron chi connectivity index (χ0n) is 14.2. The summed E-state index contributed by atoms with van der Waals surface area (Å²) in [6, 6.07) is 4.78. The molecule has 0 amide bonds. The molecule has 0 spiro atoms. The van der Waals surface area contributed by atoms with Gasteiger partial charge < -0.3 is 5.11 Å². The van der Waals surface area contributed by atoms with E-state index >= 15 is 0 Å². The summed E-state index contributed by atoms with van der Waals surface area (Å²) in [5.74, 6) is 0.616. The fourth-order valence-corrected chi connectivity index (χ4v) is 3.00. The van der Waals surface area contributed by atoms with E-state index < -0.39 is 6.10 Å². The van der Waals surface area contributed by atoms with Gasteiger partial charge in [-0.1, -0.05) is 31.5 Å². The first-order valence-electron chi connectivity index (χ1n) is 7.72. The summed E-state index contributed by atoms with van der Waals surface area (Å²) in [5, 5.41) is 10.7. The highest BCUT2D eigenvalue weighted by Gasteiger charge is 2.20. The lowest BCUT2D eigenvalue weighted by molar-refractivity contribution is 0.0869. The topological polar surface area (TPSA) is 23.5 Å². The van der Waals surface area contributed by atoms with Crippen molar-refractivity contribution in [3.63, 3.8) is 0 Å². The van der Waals surface area contributed by atoms with Crippen LogP contribution in [0.2, 0.25) is 0 Å². The molecule has 2 nitrogen and oxygen atoms in total. The molecule has 20 heavy (non-hydrogen) atoms. The van der Waals surface area contributed by atoms with Crippen LogP contribution in [0.3, 0.4) is 0 Å². The van der Waals surface area contributed by atoms with Crippen LogP contribution in [0.1, 0.15) is 56.1 Å². The molecule has 0 radical (unpaired) electrons. The van der Waals surface area contributed by atoms with Gasteiger partial charge in [0.25, 0.3) is 0 Å². The van der Waals surface area contributed by atoms with Crippen molar-refractivity contribution in [1.29, 1.82) is 0 Å². The van der Waals surface area contributed by atoms with Crippen LogP contribution in [0.5, 0.6) is 0 Å². The minimum Gasteiger partial charge on any atom is -0.387 e. The predicted molar refractivity (Wildman–Crippen MR) is 87.2 cm³/mol. The van der Waals surface area contributed by atoms with Crippen molar-refractivity contribution in [2.75, 3.05) is 13.1 Å². The van der Waals surface area contributed by atoms with Gasteiger partial charge in [-0.05, 0) is 57.2 Å². The van der Waals surface area contributed by atoms with Gasteiger partial charge in [0, 0.05) is 19.1 Å². The molecular weight excluding hydrogens is 246 g/mol. The summed E-state index contributed by atoms with van der Waals surface area (Å²) in [4.78, 5) is 2.37. The summed E-state index contributed by atoms with van der Waals surface area (Å²) < 4.78 is 0. The first-order chi connectivity index (χ1) is 9.22. The van der Waals surface area contributed by atoms with Crippen molar-refractivity contribution in [1.82, 2.24) is 4.90 Å². The van der Waals surface area contributed by atoms with Crippen LogP contribution in [-0.2, 0) is 0 Å². The van der Waals surface area contributed by atoms with Gasteiger partial charge in [-0.15, -0.1) is 0 Å². The maximum Gasteiger partial charge on any atom is 0.0922 e. The summed E-state index contributed by atoms with van der Waals surface area (Å²) in [6.45, 7) is 16.9. The maximum absolute atomic E-state index is 10.7. The second kappa shape index (κ2) is 7.24. The molecule has 1 atom stereocenters. The second-order valence-electron chi connectivity index (χ2n) is 6.77. The molecule has 0 fully saturated rings. The molecule has 0 saturated carbocycles. The number of aliphatic hydroxyl groups excluding tert-OH is 1. The molecule has 1 aromatic rings. The van der Waals surface area contributed by atoms with Crippen LogP contribution in [-0.4, -0.2) is 29.1 Å². The summed E-state index contributed by atoms with van der Waals surface area (Å²) in [5.41, 5.74) is 4.76. The minimum atomic E-state index is -0.406. The summed E-state index contributed by atoms with van der Waals surface area (Å²) in [7, 11) is 0. The van der Waals surface area contributed by atoms with Gasteiger partial charge in [0.15, 0.2) is 0 Å². The third-order valence-electron chi connectivity index (χ3n) is 3.81. The third-order valence-corrected chi connectivity index (χ3v) is 3.81. The van der Waals surface area contributed by atoms with E-state index in [-0.39, 0.29) is 0 Å². The molecule has 1 aromatic carbocycles. The molecule has 2 heteroatoms. The quantitative estimate of drug-likeness (QED) is 0.849. The normalized spacial score (nSPS) is 13.6. The third kappa shape index (κ3) is 4.60. The van der Waals surface area contributed by atoms with Crippen molar-refractivity contribution in [2.45, 2.75) is 60.6 Å². The average Bonchev–Trinajstić information content (AvgIpc) is 2.25. The van der Waals surface area contributed by atoms with Gasteiger partial charge in [0.1, 0.15) is 0 Å². The Hall–Kier alpha value is -0.860. The van der Waals surface area contributed by atoms with Crippen LogP contribution >= 0.6 is 0 Å². The van der Waals surface area contributed by atoms with Gasteiger partial charge in [0.2, 0.25) is 0 Å². The fourth-order valence-electron chi connectivity index (χ4n) is 3.00. The maximum atomic E-state index is 10.7. The van der Waals surface area contributed by atoms with Crippen LogP contribution < -0.4 is 0 Å². The number of rotatable bonds is 6.